The van der Waals surface area contributed by atoms with Gasteiger partial charge in [-0.1, -0.05) is 61.6 Å². The van der Waals surface area contributed by atoms with Gasteiger partial charge in [0.05, 0.1) is 12.2 Å². The van der Waals surface area contributed by atoms with Crippen molar-refractivity contribution in [1.29, 1.82) is 0 Å². The number of nitrogens with zero attached hydrogens (tertiary/aromatic N) is 3. The molecule has 0 unspecified atom stereocenters. The lowest BCUT2D eigenvalue weighted by molar-refractivity contribution is 0.0949. The lowest BCUT2D eigenvalue weighted by atomic mass is 9.96. The van der Waals surface area contributed by atoms with Crippen molar-refractivity contribution in [3.05, 3.63) is 52.3 Å². The molecule has 0 aliphatic heterocycles. The largest absolute Gasteiger partial charge is 0.350 e. The van der Waals surface area contributed by atoms with Gasteiger partial charge in [-0.3, -0.25) is 4.79 Å². The molecule has 1 amide bonds. The van der Waals surface area contributed by atoms with E-state index in [0.717, 1.165) is 42.7 Å². The Morgan fingerprint density at radius 2 is 2.10 bits per heavy atom. The zero-order valence-electron chi connectivity index (χ0n) is 17.5. The fraction of sp³-hybridized carbons (Fsp3) is 0.522. The number of benzene rings is 1. The van der Waals surface area contributed by atoms with Crippen LogP contribution < -0.4 is 5.32 Å². The molecule has 0 bridgehead atoms. The predicted molar refractivity (Wildman–Crippen MR) is 118 cm³/mol. The first-order valence-electron chi connectivity index (χ1n) is 10.7. The standard InChI is InChI=1S/C23H31ClN4O/c1-3-4-8-18(21-15-19(24)12-11-17(21)2)13-14-25-23(29)22-16-28(27-26-22)20-9-6-5-7-10-20/h8,11-12,15-16,20H,3-7,9-10,13-14H2,1-2H3,(H,25,29)/b18-8-. The average molecular weight is 415 g/mol. The molecule has 1 N–H and O–H groups in total. The zero-order valence-corrected chi connectivity index (χ0v) is 18.2. The first kappa shape index (κ1) is 21.6. The van der Waals surface area contributed by atoms with Crippen LogP contribution in [-0.2, 0) is 0 Å². The van der Waals surface area contributed by atoms with Gasteiger partial charge < -0.3 is 5.32 Å². The van der Waals surface area contributed by atoms with Crippen molar-refractivity contribution >= 4 is 23.1 Å². The maximum absolute atomic E-state index is 12.5. The van der Waals surface area contributed by atoms with Gasteiger partial charge in [-0.2, -0.15) is 0 Å². The molecule has 1 aliphatic carbocycles. The third-order valence-corrected chi connectivity index (χ3v) is 5.83. The van der Waals surface area contributed by atoms with Crippen molar-refractivity contribution in [2.24, 2.45) is 0 Å². The minimum atomic E-state index is -0.162. The molecule has 0 saturated heterocycles. The van der Waals surface area contributed by atoms with Crippen molar-refractivity contribution in [3.63, 3.8) is 0 Å². The second kappa shape index (κ2) is 10.6. The number of hydrogen-bond acceptors (Lipinski definition) is 3. The van der Waals surface area contributed by atoms with Gasteiger partial charge >= 0.3 is 0 Å². The molecule has 1 heterocycles. The van der Waals surface area contributed by atoms with Crippen LogP contribution in [0.1, 0.15) is 85.9 Å². The molecule has 3 rings (SSSR count). The van der Waals surface area contributed by atoms with Crippen molar-refractivity contribution < 1.29 is 4.79 Å². The lowest BCUT2D eigenvalue weighted by Gasteiger charge is -2.20. The van der Waals surface area contributed by atoms with E-state index in [1.807, 2.05) is 22.9 Å². The molecule has 29 heavy (non-hydrogen) atoms. The Morgan fingerprint density at radius 3 is 2.86 bits per heavy atom. The number of nitrogens with one attached hydrogen (secondary N) is 1. The minimum absolute atomic E-state index is 0.162. The highest BCUT2D eigenvalue weighted by Crippen LogP contribution is 2.27. The molecule has 1 aromatic heterocycles. The van der Waals surface area contributed by atoms with Crippen LogP contribution in [0.5, 0.6) is 0 Å². The number of unbranched alkanes of at least 4 members (excludes halogenated alkanes) is 1. The number of allylic oxidation sites excluding steroid dienone is 1. The average Bonchev–Trinajstić information content (AvgIpc) is 3.23. The maximum atomic E-state index is 12.5. The van der Waals surface area contributed by atoms with Gasteiger partial charge in [-0.05, 0) is 61.4 Å². The van der Waals surface area contributed by atoms with Crippen molar-refractivity contribution in [3.8, 4) is 0 Å². The summed E-state index contributed by atoms with van der Waals surface area (Å²) in [6.45, 7) is 4.81. The summed E-state index contributed by atoms with van der Waals surface area (Å²) in [4.78, 5) is 12.5. The zero-order chi connectivity index (χ0) is 20.6. The fourth-order valence-corrected chi connectivity index (χ4v) is 4.08. The topological polar surface area (TPSA) is 59.8 Å². The molecule has 0 radical (unpaired) electrons. The lowest BCUT2D eigenvalue weighted by Crippen LogP contribution is -2.25. The molecular weight excluding hydrogens is 384 g/mol. The molecule has 6 heteroatoms. The first-order valence-corrected chi connectivity index (χ1v) is 11.1. The number of halogens is 1. The Bertz CT molecular complexity index is 852. The van der Waals surface area contributed by atoms with Crippen LogP contribution in [0.15, 0.2) is 30.5 Å². The Morgan fingerprint density at radius 1 is 1.31 bits per heavy atom. The van der Waals surface area contributed by atoms with Gasteiger partial charge in [-0.15, -0.1) is 5.10 Å². The molecule has 1 saturated carbocycles. The van der Waals surface area contributed by atoms with E-state index in [9.17, 15) is 4.79 Å². The van der Waals surface area contributed by atoms with Gasteiger partial charge in [-0.25, -0.2) is 4.68 Å². The van der Waals surface area contributed by atoms with Crippen LogP contribution in [0.2, 0.25) is 5.02 Å². The Hall–Kier alpha value is -2.14. The maximum Gasteiger partial charge on any atom is 0.273 e. The SMILES string of the molecule is CCC/C=C(/CCNC(=O)c1cn(C2CCCCC2)nn1)c1cc(Cl)ccc1C. The number of hydrogen-bond donors (Lipinski definition) is 1. The van der Waals surface area contributed by atoms with E-state index in [1.165, 1.54) is 30.4 Å². The normalized spacial score (nSPS) is 15.5. The molecule has 0 spiro atoms. The molecule has 2 aromatic rings. The molecule has 1 fully saturated rings. The van der Waals surface area contributed by atoms with Crippen LogP contribution in [0, 0.1) is 6.92 Å². The number of amides is 1. The minimum Gasteiger partial charge on any atom is -0.350 e. The highest BCUT2D eigenvalue weighted by Gasteiger charge is 2.19. The summed E-state index contributed by atoms with van der Waals surface area (Å²) in [5.41, 5.74) is 3.97. The number of rotatable bonds is 8. The van der Waals surface area contributed by atoms with E-state index in [-0.39, 0.29) is 5.91 Å². The molecule has 0 atom stereocenters. The third-order valence-electron chi connectivity index (χ3n) is 5.60. The number of carbonyl (C=O) groups excluding carboxylic acids is 1. The molecular formula is C23H31ClN4O. The Kier molecular flexibility index (Phi) is 7.87. The van der Waals surface area contributed by atoms with E-state index in [2.05, 4.69) is 35.6 Å². The number of aryl methyl sites for hydroxylation is 1. The van der Waals surface area contributed by atoms with E-state index in [4.69, 9.17) is 11.6 Å². The Labute approximate surface area is 178 Å². The second-order valence-corrected chi connectivity index (χ2v) is 8.30. The summed E-state index contributed by atoms with van der Waals surface area (Å²) in [5.74, 6) is -0.162. The van der Waals surface area contributed by atoms with Crippen molar-refractivity contribution in [2.75, 3.05) is 6.54 Å². The summed E-state index contributed by atoms with van der Waals surface area (Å²) in [7, 11) is 0. The molecule has 1 aromatic carbocycles. The fourth-order valence-electron chi connectivity index (χ4n) is 3.91. The van der Waals surface area contributed by atoms with Gasteiger partial charge in [0, 0.05) is 11.6 Å². The van der Waals surface area contributed by atoms with Crippen LogP contribution in [0.4, 0.5) is 0 Å². The highest BCUT2D eigenvalue weighted by molar-refractivity contribution is 6.30. The Balaban J connectivity index is 1.60. The summed E-state index contributed by atoms with van der Waals surface area (Å²) in [6.07, 6.45) is 12.9. The van der Waals surface area contributed by atoms with Crippen LogP contribution in [0.25, 0.3) is 5.57 Å². The van der Waals surface area contributed by atoms with Crippen LogP contribution in [-0.4, -0.2) is 27.4 Å². The van der Waals surface area contributed by atoms with Crippen LogP contribution >= 0.6 is 11.6 Å². The summed E-state index contributed by atoms with van der Waals surface area (Å²) >= 11 is 6.21. The van der Waals surface area contributed by atoms with Crippen molar-refractivity contribution in [2.45, 2.75) is 71.3 Å². The van der Waals surface area contributed by atoms with E-state index in [1.54, 1.807) is 6.20 Å². The molecule has 5 nitrogen and oxygen atoms in total. The predicted octanol–water partition coefficient (Wildman–Crippen LogP) is 5.75. The van der Waals surface area contributed by atoms with E-state index >= 15 is 0 Å². The van der Waals surface area contributed by atoms with E-state index in [0.29, 0.717) is 18.3 Å². The summed E-state index contributed by atoms with van der Waals surface area (Å²) in [6, 6.07) is 6.34. The quantitative estimate of drug-likeness (QED) is 0.598. The highest BCUT2D eigenvalue weighted by atomic mass is 35.5. The number of aromatic nitrogens is 3. The van der Waals surface area contributed by atoms with Gasteiger partial charge in [0.1, 0.15) is 0 Å². The molecule has 1 aliphatic rings. The van der Waals surface area contributed by atoms with E-state index < -0.39 is 0 Å². The van der Waals surface area contributed by atoms with Crippen LogP contribution in [0.3, 0.4) is 0 Å². The van der Waals surface area contributed by atoms with Gasteiger partial charge in [0.15, 0.2) is 5.69 Å². The molecule has 156 valence electrons. The second-order valence-electron chi connectivity index (χ2n) is 7.86. The first-order chi connectivity index (χ1) is 14.1. The number of carbonyl (C=O) groups is 1. The monoisotopic (exact) mass is 414 g/mol. The third kappa shape index (κ3) is 5.92. The smallest absolute Gasteiger partial charge is 0.273 e. The van der Waals surface area contributed by atoms with Gasteiger partial charge in [0.25, 0.3) is 5.91 Å². The van der Waals surface area contributed by atoms with Crippen molar-refractivity contribution in [1.82, 2.24) is 20.3 Å². The van der Waals surface area contributed by atoms with Gasteiger partial charge in [0.2, 0.25) is 0 Å². The summed E-state index contributed by atoms with van der Waals surface area (Å²) < 4.78 is 1.87. The summed E-state index contributed by atoms with van der Waals surface area (Å²) in [5, 5.41) is 12.0.